The van der Waals surface area contributed by atoms with E-state index >= 15 is 0 Å². The van der Waals surface area contributed by atoms with Crippen LogP contribution in [0.4, 0.5) is 5.69 Å². The lowest BCUT2D eigenvalue weighted by molar-refractivity contribution is -0.120. The average molecular weight is 414 g/mol. The van der Waals surface area contributed by atoms with Gasteiger partial charge in [0.05, 0.1) is 5.41 Å². The Balaban J connectivity index is 0.00000288. The minimum atomic E-state index is -0.630. The number of benzene rings is 2. The number of ether oxygens (including phenoxy) is 1. The van der Waals surface area contributed by atoms with Gasteiger partial charge < -0.3 is 15.8 Å². The molecule has 3 N–H and O–H groups in total. The maximum absolute atomic E-state index is 12.6. The molecule has 0 saturated carbocycles. The van der Waals surface area contributed by atoms with Gasteiger partial charge in [-0.25, -0.2) is 0 Å². The number of anilines is 1. The Morgan fingerprint density at radius 3 is 2.25 bits per heavy atom. The number of carbonyl (C=O) groups is 1. The summed E-state index contributed by atoms with van der Waals surface area (Å²) >= 11 is 3.41. The molecule has 0 unspecified atom stereocenters. The summed E-state index contributed by atoms with van der Waals surface area (Å²) in [7, 11) is 0. The molecular formula is C18H22BrClN2O2. The van der Waals surface area contributed by atoms with E-state index in [9.17, 15) is 4.79 Å². The summed E-state index contributed by atoms with van der Waals surface area (Å²) in [6.45, 7) is 4.76. The van der Waals surface area contributed by atoms with E-state index in [1.807, 2.05) is 62.4 Å². The fourth-order valence-electron chi connectivity index (χ4n) is 2.10. The molecule has 2 aromatic carbocycles. The van der Waals surface area contributed by atoms with Gasteiger partial charge in [-0.3, -0.25) is 4.79 Å². The summed E-state index contributed by atoms with van der Waals surface area (Å²) in [6.07, 6.45) is 0. The van der Waals surface area contributed by atoms with Gasteiger partial charge in [0.15, 0.2) is 0 Å². The average Bonchev–Trinajstić information content (AvgIpc) is 2.54. The van der Waals surface area contributed by atoms with Gasteiger partial charge in [0.25, 0.3) is 0 Å². The Hall–Kier alpha value is -1.56. The van der Waals surface area contributed by atoms with E-state index in [-0.39, 0.29) is 18.3 Å². The van der Waals surface area contributed by atoms with Crippen LogP contribution in [0, 0.1) is 0 Å². The molecule has 2 rings (SSSR count). The topological polar surface area (TPSA) is 64.3 Å². The van der Waals surface area contributed by atoms with Crippen molar-refractivity contribution in [2.45, 2.75) is 19.3 Å². The summed E-state index contributed by atoms with van der Waals surface area (Å²) in [4.78, 5) is 12.6. The maximum atomic E-state index is 12.6. The predicted octanol–water partition coefficient (Wildman–Crippen LogP) is 4.12. The molecule has 6 heteroatoms. The van der Waals surface area contributed by atoms with E-state index in [4.69, 9.17) is 10.5 Å². The van der Waals surface area contributed by atoms with Crippen LogP contribution in [0.15, 0.2) is 53.0 Å². The zero-order valence-electron chi connectivity index (χ0n) is 13.7. The molecule has 0 heterocycles. The Morgan fingerprint density at radius 2 is 1.71 bits per heavy atom. The molecule has 0 aliphatic heterocycles. The summed E-state index contributed by atoms with van der Waals surface area (Å²) < 4.78 is 6.41. The molecule has 24 heavy (non-hydrogen) atoms. The molecule has 0 aromatic heterocycles. The number of amides is 1. The molecule has 1 amide bonds. The van der Waals surface area contributed by atoms with E-state index in [1.165, 1.54) is 0 Å². The highest BCUT2D eigenvalue weighted by molar-refractivity contribution is 9.10. The maximum Gasteiger partial charge on any atom is 0.234 e. The lowest BCUT2D eigenvalue weighted by Gasteiger charge is -2.24. The van der Waals surface area contributed by atoms with Crippen molar-refractivity contribution in [3.05, 3.63) is 58.6 Å². The van der Waals surface area contributed by atoms with Crippen molar-refractivity contribution in [3.63, 3.8) is 0 Å². The van der Waals surface area contributed by atoms with E-state index in [0.29, 0.717) is 13.2 Å². The van der Waals surface area contributed by atoms with Gasteiger partial charge in [-0.15, -0.1) is 12.4 Å². The summed E-state index contributed by atoms with van der Waals surface area (Å²) in [5, 5.41) is 2.95. The quantitative estimate of drug-likeness (QED) is 0.748. The molecule has 0 radical (unpaired) electrons. The molecule has 0 aliphatic carbocycles. The normalized spacial score (nSPS) is 10.7. The lowest BCUT2D eigenvalue weighted by Crippen LogP contribution is -2.34. The van der Waals surface area contributed by atoms with Gasteiger partial charge in [-0.1, -0.05) is 28.1 Å². The highest BCUT2D eigenvalue weighted by atomic mass is 79.9. The largest absolute Gasteiger partial charge is 0.492 e. The second-order valence-corrected chi connectivity index (χ2v) is 6.66. The summed E-state index contributed by atoms with van der Waals surface area (Å²) in [6, 6.07) is 15.1. The fraction of sp³-hybridized carbons (Fsp3) is 0.278. The van der Waals surface area contributed by atoms with Crippen molar-refractivity contribution in [1.82, 2.24) is 0 Å². The van der Waals surface area contributed by atoms with Gasteiger partial charge in [0.1, 0.15) is 12.4 Å². The Morgan fingerprint density at radius 1 is 1.12 bits per heavy atom. The van der Waals surface area contributed by atoms with Crippen molar-refractivity contribution in [3.8, 4) is 5.75 Å². The number of hydrogen-bond donors (Lipinski definition) is 2. The fourth-order valence-corrected chi connectivity index (χ4v) is 2.36. The second kappa shape index (κ2) is 9.06. The third kappa shape index (κ3) is 5.23. The molecule has 0 aliphatic rings. The number of carbonyl (C=O) groups excluding carboxylic acids is 1. The van der Waals surface area contributed by atoms with E-state index < -0.39 is 5.41 Å². The second-order valence-electron chi connectivity index (χ2n) is 5.75. The number of nitrogens with two attached hydrogens (primary N) is 1. The number of halogens is 2. The number of rotatable bonds is 6. The molecular weight excluding hydrogens is 392 g/mol. The van der Waals surface area contributed by atoms with Gasteiger partial charge in [0, 0.05) is 16.7 Å². The van der Waals surface area contributed by atoms with E-state index in [1.54, 1.807) is 0 Å². The first-order chi connectivity index (χ1) is 10.9. The smallest absolute Gasteiger partial charge is 0.234 e. The SMILES string of the molecule is CC(C)(C(=O)Nc1ccc(OCCN)cc1)c1ccc(Br)cc1.Cl. The molecule has 0 saturated heterocycles. The molecule has 0 spiro atoms. The Labute approximate surface area is 157 Å². The van der Waals surface area contributed by atoms with Crippen molar-refractivity contribution in [2.24, 2.45) is 5.73 Å². The third-order valence-corrected chi connectivity index (χ3v) is 4.16. The van der Waals surface area contributed by atoms with Crippen molar-refractivity contribution in [1.29, 1.82) is 0 Å². The Kier molecular flexibility index (Phi) is 7.73. The number of nitrogens with one attached hydrogen (secondary N) is 1. The zero-order valence-corrected chi connectivity index (χ0v) is 16.1. The predicted molar refractivity (Wildman–Crippen MR) is 104 cm³/mol. The van der Waals surface area contributed by atoms with Crippen molar-refractivity contribution >= 4 is 39.9 Å². The van der Waals surface area contributed by atoms with Gasteiger partial charge in [-0.2, -0.15) is 0 Å². The summed E-state index contributed by atoms with van der Waals surface area (Å²) in [5.74, 6) is 0.677. The molecule has 2 aromatic rings. The van der Waals surface area contributed by atoms with Crippen LogP contribution < -0.4 is 15.8 Å². The van der Waals surface area contributed by atoms with Gasteiger partial charge in [0.2, 0.25) is 5.91 Å². The van der Waals surface area contributed by atoms with Crippen LogP contribution in [-0.4, -0.2) is 19.1 Å². The van der Waals surface area contributed by atoms with Gasteiger partial charge >= 0.3 is 0 Å². The number of hydrogen-bond acceptors (Lipinski definition) is 3. The van der Waals surface area contributed by atoms with E-state index in [2.05, 4.69) is 21.2 Å². The van der Waals surface area contributed by atoms with Crippen LogP contribution in [0.1, 0.15) is 19.4 Å². The highest BCUT2D eigenvalue weighted by Crippen LogP contribution is 2.27. The molecule has 0 fully saturated rings. The molecule has 0 bridgehead atoms. The van der Waals surface area contributed by atoms with Gasteiger partial charge in [-0.05, 0) is 55.8 Å². The Bertz CT molecular complexity index is 658. The van der Waals surface area contributed by atoms with Crippen LogP contribution in [0.3, 0.4) is 0 Å². The monoisotopic (exact) mass is 412 g/mol. The zero-order chi connectivity index (χ0) is 16.9. The molecule has 130 valence electrons. The first-order valence-electron chi connectivity index (χ1n) is 7.44. The van der Waals surface area contributed by atoms with Crippen molar-refractivity contribution < 1.29 is 9.53 Å². The molecule has 4 nitrogen and oxygen atoms in total. The first-order valence-corrected chi connectivity index (χ1v) is 8.23. The van der Waals surface area contributed by atoms with E-state index in [0.717, 1.165) is 21.5 Å². The van der Waals surface area contributed by atoms with Crippen LogP contribution in [0.5, 0.6) is 5.75 Å². The highest BCUT2D eigenvalue weighted by Gasteiger charge is 2.29. The van der Waals surface area contributed by atoms with Crippen LogP contribution in [0.2, 0.25) is 0 Å². The van der Waals surface area contributed by atoms with Crippen molar-refractivity contribution in [2.75, 3.05) is 18.5 Å². The van der Waals surface area contributed by atoms with Crippen LogP contribution in [0.25, 0.3) is 0 Å². The lowest BCUT2D eigenvalue weighted by atomic mass is 9.83. The van der Waals surface area contributed by atoms with Crippen LogP contribution in [-0.2, 0) is 10.2 Å². The molecule has 0 atom stereocenters. The summed E-state index contributed by atoms with van der Waals surface area (Å²) in [5.41, 5.74) is 6.47. The third-order valence-electron chi connectivity index (χ3n) is 3.63. The van der Waals surface area contributed by atoms with Crippen LogP contribution >= 0.6 is 28.3 Å². The first kappa shape index (κ1) is 20.5. The standard InChI is InChI=1S/C18H21BrN2O2.ClH/c1-18(2,13-3-5-14(19)6-4-13)17(22)21-15-7-9-16(10-8-15)23-12-11-20;/h3-10H,11-12,20H2,1-2H3,(H,21,22);1H. The minimum Gasteiger partial charge on any atom is -0.492 e. The minimum absolute atomic E-state index is 0.